The molecule has 84 valence electrons. The highest BCUT2D eigenvalue weighted by atomic mass is 16.5. The van der Waals surface area contributed by atoms with Gasteiger partial charge in [0.2, 0.25) is 0 Å². The molecule has 1 N–H and O–H groups in total. The standard InChI is InChI=1S/C11H24N2O/c1-5-12-9(2)6-13-7-10(3)14-11(4)8-13/h9-12H,5-8H2,1-4H3. The Bertz CT molecular complexity index is 153. The molecule has 14 heavy (non-hydrogen) atoms. The first-order valence-electron chi connectivity index (χ1n) is 5.73. The van der Waals surface area contributed by atoms with E-state index in [2.05, 4.69) is 37.9 Å². The molecule has 0 aliphatic carbocycles. The van der Waals surface area contributed by atoms with Crippen molar-refractivity contribution in [1.29, 1.82) is 0 Å². The molecule has 3 unspecified atom stereocenters. The summed E-state index contributed by atoms with van der Waals surface area (Å²) >= 11 is 0. The third-order valence-corrected chi connectivity index (χ3v) is 2.58. The van der Waals surface area contributed by atoms with Crippen molar-refractivity contribution in [3.8, 4) is 0 Å². The number of hydrogen-bond acceptors (Lipinski definition) is 3. The zero-order valence-corrected chi connectivity index (χ0v) is 9.92. The molecule has 0 aromatic rings. The topological polar surface area (TPSA) is 24.5 Å². The van der Waals surface area contributed by atoms with Crippen LogP contribution < -0.4 is 5.32 Å². The van der Waals surface area contributed by atoms with Crippen molar-refractivity contribution >= 4 is 0 Å². The minimum absolute atomic E-state index is 0.382. The molecule has 0 spiro atoms. The van der Waals surface area contributed by atoms with Gasteiger partial charge < -0.3 is 10.1 Å². The first kappa shape index (κ1) is 12.0. The van der Waals surface area contributed by atoms with E-state index in [4.69, 9.17) is 4.74 Å². The average Bonchev–Trinajstić information content (AvgIpc) is 2.01. The summed E-state index contributed by atoms with van der Waals surface area (Å²) in [5, 5.41) is 3.44. The molecule has 0 radical (unpaired) electrons. The number of likely N-dealkylation sites (N-methyl/N-ethyl adjacent to an activating group) is 1. The SMILES string of the molecule is CCNC(C)CN1CC(C)OC(C)C1. The number of nitrogens with one attached hydrogen (secondary N) is 1. The summed E-state index contributed by atoms with van der Waals surface area (Å²) in [6, 6.07) is 0.581. The van der Waals surface area contributed by atoms with E-state index in [1.165, 1.54) is 0 Å². The van der Waals surface area contributed by atoms with Crippen molar-refractivity contribution in [1.82, 2.24) is 10.2 Å². The number of rotatable bonds is 4. The lowest BCUT2D eigenvalue weighted by molar-refractivity contribution is -0.0694. The molecule has 0 aromatic heterocycles. The second-order valence-electron chi connectivity index (χ2n) is 4.43. The molecule has 0 bridgehead atoms. The first-order chi connectivity index (χ1) is 6.61. The largest absolute Gasteiger partial charge is 0.373 e. The van der Waals surface area contributed by atoms with Crippen LogP contribution in [0.4, 0.5) is 0 Å². The molecule has 0 saturated carbocycles. The van der Waals surface area contributed by atoms with Gasteiger partial charge in [-0.2, -0.15) is 0 Å². The van der Waals surface area contributed by atoms with Crippen LogP contribution in [0.2, 0.25) is 0 Å². The first-order valence-corrected chi connectivity index (χ1v) is 5.73. The molecular weight excluding hydrogens is 176 g/mol. The van der Waals surface area contributed by atoms with E-state index in [9.17, 15) is 0 Å². The molecule has 1 fully saturated rings. The van der Waals surface area contributed by atoms with E-state index in [1.807, 2.05) is 0 Å². The Morgan fingerprint density at radius 3 is 2.43 bits per heavy atom. The predicted octanol–water partition coefficient (Wildman–Crippen LogP) is 1.09. The van der Waals surface area contributed by atoms with Crippen molar-refractivity contribution < 1.29 is 4.74 Å². The molecule has 1 saturated heterocycles. The van der Waals surface area contributed by atoms with E-state index in [-0.39, 0.29) is 0 Å². The smallest absolute Gasteiger partial charge is 0.0678 e. The van der Waals surface area contributed by atoms with Gasteiger partial charge in [0.25, 0.3) is 0 Å². The highest BCUT2D eigenvalue weighted by Gasteiger charge is 2.22. The van der Waals surface area contributed by atoms with Crippen LogP contribution in [-0.4, -0.2) is 49.3 Å². The predicted molar refractivity (Wildman–Crippen MR) is 59.6 cm³/mol. The molecule has 3 heteroatoms. The maximum atomic E-state index is 5.70. The molecule has 1 aliphatic rings. The lowest BCUT2D eigenvalue weighted by Gasteiger charge is -2.36. The zero-order valence-electron chi connectivity index (χ0n) is 9.92. The Morgan fingerprint density at radius 1 is 1.36 bits per heavy atom. The molecule has 3 nitrogen and oxygen atoms in total. The Hall–Kier alpha value is -0.120. The van der Waals surface area contributed by atoms with Crippen LogP contribution in [0.25, 0.3) is 0 Å². The Kier molecular flexibility index (Phi) is 4.85. The average molecular weight is 200 g/mol. The van der Waals surface area contributed by atoms with Crippen LogP contribution in [0.3, 0.4) is 0 Å². The summed E-state index contributed by atoms with van der Waals surface area (Å²) in [6.07, 6.45) is 0.764. The molecule has 0 aromatic carbocycles. The van der Waals surface area contributed by atoms with Gasteiger partial charge in [-0.25, -0.2) is 0 Å². The van der Waals surface area contributed by atoms with Gasteiger partial charge in [0, 0.05) is 25.7 Å². The van der Waals surface area contributed by atoms with Gasteiger partial charge >= 0.3 is 0 Å². The fourth-order valence-corrected chi connectivity index (χ4v) is 2.23. The molecule has 1 rings (SSSR count). The van der Waals surface area contributed by atoms with E-state index >= 15 is 0 Å². The normalized spacial score (nSPS) is 31.7. The minimum atomic E-state index is 0.382. The van der Waals surface area contributed by atoms with Crippen LogP contribution in [0.1, 0.15) is 27.7 Å². The van der Waals surface area contributed by atoms with E-state index in [0.717, 1.165) is 26.2 Å². The highest BCUT2D eigenvalue weighted by Crippen LogP contribution is 2.10. The van der Waals surface area contributed by atoms with Crippen LogP contribution in [-0.2, 0) is 4.74 Å². The van der Waals surface area contributed by atoms with Crippen molar-refractivity contribution in [2.24, 2.45) is 0 Å². The number of hydrogen-bond donors (Lipinski definition) is 1. The maximum absolute atomic E-state index is 5.70. The maximum Gasteiger partial charge on any atom is 0.0678 e. The van der Waals surface area contributed by atoms with Crippen LogP contribution in [0, 0.1) is 0 Å². The Balaban J connectivity index is 2.29. The van der Waals surface area contributed by atoms with Crippen molar-refractivity contribution in [2.75, 3.05) is 26.2 Å². The molecule has 0 amide bonds. The minimum Gasteiger partial charge on any atom is -0.373 e. The zero-order chi connectivity index (χ0) is 10.6. The summed E-state index contributed by atoms with van der Waals surface area (Å²) in [7, 11) is 0. The highest BCUT2D eigenvalue weighted by molar-refractivity contribution is 4.76. The van der Waals surface area contributed by atoms with Crippen molar-refractivity contribution in [2.45, 2.75) is 45.9 Å². The summed E-state index contributed by atoms with van der Waals surface area (Å²) in [5.74, 6) is 0. The number of morpholine rings is 1. The van der Waals surface area contributed by atoms with Crippen LogP contribution in [0.5, 0.6) is 0 Å². The van der Waals surface area contributed by atoms with Crippen molar-refractivity contribution in [3.63, 3.8) is 0 Å². The summed E-state index contributed by atoms with van der Waals surface area (Å²) in [4.78, 5) is 2.49. The van der Waals surface area contributed by atoms with Gasteiger partial charge in [0.05, 0.1) is 12.2 Å². The summed E-state index contributed by atoms with van der Waals surface area (Å²) in [6.45, 7) is 13.0. The monoisotopic (exact) mass is 200 g/mol. The molecular formula is C11H24N2O. The molecule has 1 heterocycles. The van der Waals surface area contributed by atoms with Gasteiger partial charge in [-0.15, -0.1) is 0 Å². The van der Waals surface area contributed by atoms with Gasteiger partial charge in [-0.1, -0.05) is 6.92 Å². The van der Waals surface area contributed by atoms with E-state index < -0.39 is 0 Å². The Morgan fingerprint density at radius 2 is 1.93 bits per heavy atom. The van der Waals surface area contributed by atoms with E-state index in [1.54, 1.807) is 0 Å². The van der Waals surface area contributed by atoms with E-state index in [0.29, 0.717) is 18.2 Å². The molecule has 1 aliphatic heterocycles. The number of nitrogens with zero attached hydrogens (tertiary/aromatic N) is 1. The number of ether oxygens (including phenoxy) is 1. The van der Waals surface area contributed by atoms with Crippen LogP contribution >= 0.6 is 0 Å². The fourth-order valence-electron chi connectivity index (χ4n) is 2.23. The second-order valence-corrected chi connectivity index (χ2v) is 4.43. The van der Waals surface area contributed by atoms with Gasteiger partial charge in [-0.3, -0.25) is 4.90 Å². The third kappa shape index (κ3) is 3.95. The fraction of sp³-hybridized carbons (Fsp3) is 1.00. The van der Waals surface area contributed by atoms with Gasteiger partial charge in [-0.05, 0) is 27.3 Å². The van der Waals surface area contributed by atoms with Gasteiger partial charge in [0.1, 0.15) is 0 Å². The lowest BCUT2D eigenvalue weighted by Crippen LogP contribution is -2.49. The molecule has 3 atom stereocenters. The van der Waals surface area contributed by atoms with Crippen LogP contribution in [0.15, 0.2) is 0 Å². The second kappa shape index (κ2) is 5.69. The van der Waals surface area contributed by atoms with Gasteiger partial charge in [0.15, 0.2) is 0 Å². The lowest BCUT2D eigenvalue weighted by atomic mass is 10.2. The summed E-state index contributed by atoms with van der Waals surface area (Å²) in [5.41, 5.74) is 0. The Labute approximate surface area is 87.8 Å². The third-order valence-electron chi connectivity index (χ3n) is 2.58. The van der Waals surface area contributed by atoms with Crippen molar-refractivity contribution in [3.05, 3.63) is 0 Å². The summed E-state index contributed by atoms with van der Waals surface area (Å²) < 4.78 is 5.70. The quantitative estimate of drug-likeness (QED) is 0.735.